The molecule has 0 radical (unpaired) electrons. The lowest BCUT2D eigenvalue weighted by Crippen LogP contribution is -2.43. The highest BCUT2D eigenvalue weighted by Crippen LogP contribution is 2.26. The summed E-state index contributed by atoms with van der Waals surface area (Å²) in [4.78, 5) is 25.6. The van der Waals surface area contributed by atoms with Crippen LogP contribution >= 0.6 is 15.9 Å². The van der Waals surface area contributed by atoms with Gasteiger partial charge < -0.3 is 9.64 Å². The van der Waals surface area contributed by atoms with Gasteiger partial charge in [-0.05, 0) is 31.0 Å². The predicted molar refractivity (Wildman–Crippen MR) is 79.4 cm³/mol. The zero-order valence-electron chi connectivity index (χ0n) is 11.8. The molecule has 1 aliphatic carbocycles. The predicted octanol–water partition coefficient (Wildman–Crippen LogP) is 3.15. The Bertz CT molecular complexity index is 544. The number of rotatable bonds is 4. The Balaban J connectivity index is 2.28. The summed E-state index contributed by atoms with van der Waals surface area (Å²) in [5.41, 5.74) is -0.0276. The molecule has 1 aromatic carbocycles. The average Bonchev–Trinajstić information content (AvgIpc) is 3.00. The minimum Gasteiger partial charge on any atom is -0.468 e. The van der Waals surface area contributed by atoms with E-state index in [1.807, 2.05) is 0 Å². The standard InChI is InChI=1S/C15H17BrFNO3/c1-21-14(19)9-18(11-4-2-3-5-11)15(20)12-8-10(16)6-7-13(12)17/h6-8,11H,2-5,9H2,1H3. The summed E-state index contributed by atoms with van der Waals surface area (Å²) in [5.74, 6) is -1.55. The molecule has 6 heteroatoms. The van der Waals surface area contributed by atoms with Crippen LogP contribution in [0.2, 0.25) is 0 Å². The molecular weight excluding hydrogens is 341 g/mol. The van der Waals surface area contributed by atoms with E-state index in [2.05, 4.69) is 20.7 Å². The van der Waals surface area contributed by atoms with Crippen molar-refractivity contribution < 1.29 is 18.7 Å². The number of esters is 1. The van der Waals surface area contributed by atoms with E-state index in [4.69, 9.17) is 0 Å². The van der Waals surface area contributed by atoms with E-state index < -0.39 is 17.7 Å². The Hall–Kier alpha value is -1.43. The molecule has 0 bridgehead atoms. The maximum Gasteiger partial charge on any atom is 0.325 e. The first-order chi connectivity index (χ1) is 10.0. The van der Waals surface area contributed by atoms with Gasteiger partial charge in [0.2, 0.25) is 0 Å². The van der Waals surface area contributed by atoms with Crippen LogP contribution in [0.1, 0.15) is 36.0 Å². The van der Waals surface area contributed by atoms with Crippen molar-refractivity contribution in [1.82, 2.24) is 4.90 Å². The van der Waals surface area contributed by atoms with Gasteiger partial charge in [0.15, 0.2) is 0 Å². The zero-order chi connectivity index (χ0) is 15.4. The van der Waals surface area contributed by atoms with Gasteiger partial charge in [-0.3, -0.25) is 9.59 Å². The van der Waals surface area contributed by atoms with Gasteiger partial charge in [-0.1, -0.05) is 28.8 Å². The van der Waals surface area contributed by atoms with Gasteiger partial charge in [0.25, 0.3) is 5.91 Å². The number of amides is 1. The van der Waals surface area contributed by atoms with Crippen LogP contribution in [0.4, 0.5) is 4.39 Å². The normalized spacial score (nSPS) is 15.0. The second kappa shape index (κ2) is 7.02. The number of ether oxygens (including phenoxy) is 1. The Morgan fingerprint density at radius 3 is 2.67 bits per heavy atom. The molecule has 0 saturated heterocycles. The van der Waals surface area contributed by atoms with Crippen LogP contribution < -0.4 is 0 Å². The lowest BCUT2D eigenvalue weighted by Gasteiger charge is -2.28. The van der Waals surface area contributed by atoms with Crippen LogP contribution in [0.25, 0.3) is 0 Å². The fraction of sp³-hybridized carbons (Fsp3) is 0.467. The second-order valence-electron chi connectivity index (χ2n) is 5.07. The molecule has 0 atom stereocenters. The number of benzene rings is 1. The van der Waals surface area contributed by atoms with Crippen molar-refractivity contribution in [2.24, 2.45) is 0 Å². The van der Waals surface area contributed by atoms with E-state index in [1.54, 1.807) is 0 Å². The smallest absolute Gasteiger partial charge is 0.325 e. The zero-order valence-corrected chi connectivity index (χ0v) is 13.4. The minimum absolute atomic E-state index is 0.0276. The fourth-order valence-corrected chi connectivity index (χ4v) is 2.96. The largest absolute Gasteiger partial charge is 0.468 e. The molecule has 0 unspecified atom stereocenters. The molecule has 0 aromatic heterocycles. The minimum atomic E-state index is -0.587. The van der Waals surface area contributed by atoms with Crippen molar-refractivity contribution in [2.75, 3.05) is 13.7 Å². The van der Waals surface area contributed by atoms with Crippen LogP contribution in [0.5, 0.6) is 0 Å². The quantitative estimate of drug-likeness (QED) is 0.777. The summed E-state index contributed by atoms with van der Waals surface area (Å²) in [6, 6.07) is 4.18. The van der Waals surface area contributed by atoms with Crippen LogP contribution in [-0.2, 0) is 9.53 Å². The number of carbonyl (C=O) groups is 2. The highest BCUT2D eigenvalue weighted by atomic mass is 79.9. The summed E-state index contributed by atoms with van der Waals surface area (Å²) in [6.07, 6.45) is 3.68. The highest BCUT2D eigenvalue weighted by Gasteiger charge is 2.30. The molecule has 4 nitrogen and oxygen atoms in total. The SMILES string of the molecule is COC(=O)CN(C(=O)c1cc(Br)ccc1F)C1CCCC1. The summed E-state index contributed by atoms with van der Waals surface area (Å²) in [7, 11) is 1.28. The van der Waals surface area contributed by atoms with Crippen molar-refractivity contribution in [3.8, 4) is 0 Å². The molecule has 1 fully saturated rings. The van der Waals surface area contributed by atoms with E-state index in [1.165, 1.54) is 30.2 Å². The van der Waals surface area contributed by atoms with E-state index >= 15 is 0 Å². The second-order valence-corrected chi connectivity index (χ2v) is 5.99. The maximum absolute atomic E-state index is 13.9. The first kappa shape index (κ1) is 15.9. The Kier molecular flexibility index (Phi) is 5.33. The summed E-state index contributed by atoms with van der Waals surface area (Å²) in [6.45, 7) is -0.147. The topological polar surface area (TPSA) is 46.6 Å². The molecule has 21 heavy (non-hydrogen) atoms. The molecule has 1 aliphatic rings. The third kappa shape index (κ3) is 3.81. The van der Waals surface area contributed by atoms with E-state index in [0.717, 1.165) is 25.7 Å². The first-order valence-electron chi connectivity index (χ1n) is 6.85. The monoisotopic (exact) mass is 357 g/mol. The average molecular weight is 358 g/mol. The molecule has 114 valence electrons. The number of halogens is 2. The lowest BCUT2D eigenvalue weighted by atomic mass is 10.1. The summed E-state index contributed by atoms with van der Waals surface area (Å²) in [5, 5.41) is 0. The molecule has 0 heterocycles. The van der Waals surface area contributed by atoms with E-state index in [-0.39, 0.29) is 18.2 Å². The van der Waals surface area contributed by atoms with Crippen LogP contribution in [0, 0.1) is 5.82 Å². The molecule has 0 spiro atoms. The molecule has 1 saturated carbocycles. The number of carbonyl (C=O) groups excluding carboxylic acids is 2. The van der Waals surface area contributed by atoms with E-state index in [9.17, 15) is 14.0 Å². The van der Waals surface area contributed by atoms with Gasteiger partial charge in [-0.15, -0.1) is 0 Å². The molecule has 1 amide bonds. The third-order valence-electron chi connectivity index (χ3n) is 3.71. The van der Waals surface area contributed by atoms with Gasteiger partial charge in [-0.25, -0.2) is 4.39 Å². The Morgan fingerprint density at radius 2 is 2.05 bits per heavy atom. The van der Waals surface area contributed by atoms with Crippen molar-refractivity contribution in [3.63, 3.8) is 0 Å². The summed E-state index contributed by atoms with van der Waals surface area (Å²) >= 11 is 3.23. The molecule has 1 aromatic rings. The summed E-state index contributed by atoms with van der Waals surface area (Å²) < 4.78 is 19.2. The van der Waals surface area contributed by atoms with Gasteiger partial charge >= 0.3 is 5.97 Å². The Morgan fingerprint density at radius 1 is 1.38 bits per heavy atom. The molecular formula is C15H17BrFNO3. The molecule has 0 aliphatic heterocycles. The lowest BCUT2D eigenvalue weighted by molar-refractivity contribution is -0.141. The molecule has 0 N–H and O–H groups in total. The first-order valence-corrected chi connectivity index (χ1v) is 7.65. The van der Waals surface area contributed by atoms with Crippen molar-refractivity contribution in [1.29, 1.82) is 0 Å². The van der Waals surface area contributed by atoms with E-state index in [0.29, 0.717) is 4.47 Å². The number of hydrogen-bond donors (Lipinski definition) is 0. The Labute approximate surface area is 131 Å². The van der Waals surface area contributed by atoms with Gasteiger partial charge in [-0.2, -0.15) is 0 Å². The number of methoxy groups -OCH3 is 1. The maximum atomic E-state index is 13.9. The molecule has 2 rings (SSSR count). The van der Waals surface area contributed by atoms with Crippen molar-refractivity contribution >= 4 is 27.8 Å². The van der Waals surface area contributed by atoms with Gasteiger partial charge in [0.1, 0.15) is 12.4 Å². The van der Waals surface area contributed by atoms with Crippen LogP contribution in [0.15, 0.2) is 22.7 Å². The van der Waals surface area contributed by atoms with Crippen LogP contribution in [-0.4, -0.2) is 36.5 Å². The number of nitrogens with zero attached hydrogens (tertiary/aromatic N) is 1. The highest BCUT2D eigenvalue weighted by molar-refractivity contribution is 9.10. The van der Waals surface area contributed by atoms with Crippen molar-refractivity contribution in [3.05, 3.63) is 34.1 Å². The third-order valence-corrected chi connectivity index (χ3v) is 4.21. The van der Waals surface area contributed by atoms with Crippen molar-refractivity contribution in [2.45, 2.75) is 31.7 Å². The number of hydrogen-bond acceptors (Lipinski definition) is 3. The van der Waals surface area contributed by atoms with Gasteiger partial charge in [0, 0.05) is 10.5 Å². The fourth-order valence-electron chi connectivity index (χ4n) is 2.60. The van der Waals surface area contributed by atoms with Gasteiger partial charge in [0.05, 0.1) is 12.7 Å². The van der Waals surface area contributed by atoms with Crippen LogP contribution in [0.3, 0.4) is 0 Å².